The second-order valence-corrected chi connectivity index (χ2v) is 5.53. The third-order valence-corrected chi connectivity index (χ3v) is 4.02. The molecule has 1 atom stereocenters. The standard InChI is InChI=1S/C15H12F3N3O3/c16-9-3-8(4-10(17)14(9)18)7-24-11-5-12-20-1-2-23-13(20)6-21(12)15(22)19-11/h3-5,13H,1-2,6-7H2. The van der Waals surface area contributed by atoms with Gasteiger partial charge >= 0.3 is 5.69 Å². The smallest absolute Gasteiger partial charge is 0.352 e. The van der Waals surface area contributed by atoms with Crippen LogP contribution in [0, 0.1) is 17.5 Å². The Morgan fingerprint density at radius 1 is 1.25 bits per heavy atom. The molecule has 1 saturated heterocycles. The highest BCUT2D eigenvalue weighted by atomic mass is 19.2. The average molecular weight is 339 g/mol. The molecule has 4 rings (SSSR count). The molecule has 9 heteroatoms. The van der Waals surface area contributed by atoms with Crippen LogP contribution in [0.25, 0.3) is 0 Å². The van der Waals surface area contributed by atoms with Crippen LogP contribution < -0.4 is 15.3 Å². The third-order valence-electron chi connectivity index (χ3n) is 4.02. The van der Waals surface area contributed by atoms with Crippen LogP contribution in [0.3, 0.4) is 0 Å². The number of hydrogen-bond acceptors (Lipinski definition) is 5. The quantitative estimate of drug-likeness (QED) is 0.792. The molecule has 6 nitrogen and oxygen atoms in total. The molecule has 0 spiro atoms. The van der Waals surface area contributed by atoms with Crippen LogP contribution in [-0.2, 0) is 17.9 Å². The molecule has 3 heterocycles. The first-order chi connectivity index (χ1) is 11.5. The third kappa shape index (κ3) is 2.41. The number of nitrogens with zero attached hydrogens (tertiary/aromatic N) is 3. The Hall–Kier alpha value is -2.55. The van der Waals surface area contributed by atoms with E-state index in [2.05, 4.69) is 4.98 Å². The lowest BCUT2D eigenvalue weighted by atomic mass is 10.2. The van der Waals surface area contributed by atoms with Crippen molar-refractivity contribution in [3.8, 4) is 5.88 Å². The van der Waals surface area contributed by atoms with Crippen LogP contribution >= 0.6 is 0 Å². The Morgan fingerprint density at radius 2 is 2.00 bits per heavy atom. The van der Waals surface area contributed by atoms with Gasteiger partial charge in [-0.05, 0) is 17.7 Å². The van der Waals surface area contributed by atoms with Gasteiger partial charge in [-0.2, -0.15) is 4.98 Å². The van der Waals surface area contributed by atoms with Crippen LogP contribution in [0.15, 0.2) is 23.0 Å². The molecule has 1 aromatic carbocycles. The molecule has 2 aliphatic heterocycles. The van der Waals surface area contributed by atoms with Crippen molar-refractivity contribution in [2.24, 2.45) is 0 Å². The van der Waals surface area contributed by atoms with E-state index in [0.717, 1.165) is 12.1 Å². The number of rotatable bonds is 3. The molecular formula is C15H12F3N3O3. The molecule has 0 bridgehead atoms. The molecule has 0 N–H and O–H groups in total. The van der Waals surface area contributed by atoms with Gasteiger partial charge in [-0.15, -0.1) is 0 Å². The Kier molecular flexibility index (Phi) is 3.45. The first-order valence-corrected chi connectivity index (χ1v) is 7.29. The molecule has 24 heavy (non-hydrogen) atoms. The molecule has 126 valence electrons. The summed E-state index contributed by atoms with van der Waals surface area (Å²) in [6, 6.07) is 3.25. The summed E-state index contributed by atoms with van der Waals surface area (Å²) in [6.07, 6.45) is -0.185. The summed E-state index contributed by atoms with van der Waals surface area (Å²) in [7, 11) is 0. The molecule has 1 aromatic heterocycles. The number of benzene rings is 1. The second kappa shape index (κ2) is 5.52. The summed E-state index contributed by atoms with van der Waals surface area (Å²) in [6.45, 7) is 1.38. The maximum absolute atomic E-state index is 13.2. The normalized spacial score (nSPS) is 18.6. The number of aromatic nitrogens is 2. The highest BCUT2D eigenvalue weighted by molar-refractivity contribution is 5.47. The van der Waals surface area contributed by atoms with Gasteiger partial charge in [0.2, 0.25) is 5.88 Å². The van der Waals surface area contributed by atoms with Gasteiger partial charge in [-0.1, -0.05) is 0 Å². The maximum Gasteiger partial charge on any atom is 0.352 e. The average Bonchev–Trinajstić information content (AvgIpc) is 3.12. The summed E-state index contributed by atoms with van der Waals surface area (Å²) >= 11 is 0. The van der Waals surface area contributed by atoms with Gasteiger partial charge < -0.3 is 14.4 Å². The molecular weight excluding hydrogens is 327 g/mol. The van der Waals surface area contributed by atoms with Crippen LogP contribution in [0.1, 0.15) is 5.56 Å². The zero-order valence-electron chi connectivity index (χ0n) is 12.3. The van der Waals surface area contributed by atoms with Gasteiger partial charge in [-0.25, -0.2) is 18.0 Å². The Labute approximate surface area is 134 Å². The van der Waals surface area contributed by atoms with Crippen LogP contribution in [0.5, 0.6) is 5.88 Å². The van der Waals surface area contributed by atoms with Crippen LogP contribution in [-0.4, -0.2) is 28.9 Å². The van der Waals surface area contributed by atoms with Crippen molar-refractivity contribution in [1.29, 1.82) is 0 Å². The van der Waals surface area contributed by atoms with Gasteiger partial charge in [0.25, 0.3) is 0 Å². The fraction of sp³-hybridized carbons (Fsp3) is 0.333. The second-order valence-electron chi connectivity index (χ2n) is 5.53. The van der Waals surface area contributed by atoms with E-state index >= 15 is 0 Å². The van der Waals surface area contributed by atoms with Crippen molar-refractivity contribution in [2.45, 2.75) is 19.4 Å². The van der Waals surface area contributed by atoms with Gasteiger partial charge in [0.1, 0.15) is 18.7 Å². The SMILES string of the molecule is O=c1nc(OCc2cc(F)c(F)c(F)c2)cc2n1CC1OCCN21. The number of ether oxygens (including phenoxy) is 2. The molecule has 0 radical (unpaired) electrons. The van der Waals surface area contributed by atoms with Crippen LogP contribution in [0.2, 0.25) is 0 Å². The van der Waals surface area contributed by atoms with Crippen molar-refractivity contribution >= 4 is 5.82 Å². The minimum absolute atomic E-state index is 0.0314. The van der Waals surface area contributed by atoms with Crippen molar-refractivity contribution in [3.05, 3.63) is 51.7 Å². The molecule has 0 saturated carbocycles. The minimum atomic E-state index is -1.53. The van der Waals surface area contributed by atoms with Gasteiger partial charge in [0.05, 0.1) is 13.2 Å². The van der Waals surface area contributed by atoms with Gasteiger partial charge in [0.15, 0.2) is 17.5 Å². The Morgan fingerprint density at radius 3 is 2.75 bits per heavy atom. The van der Waals surface area contributed by atoms with E-state index in [0.29, 0.717) is 25.5 Å². The van der Waals surface area contributed by atoms with E-state index in [1.165, 1.54) is 4.57 Å². The van der Waals surface area contributed by atoms with Crippen molar-refractivity contribution in [3.63, 3.8) is 0 Å². The highest BCUT2D eigenvalue weighted by Crippen LogP contribution is 2.30. The van der Waals surface area contributed by atoms with Crippen molar-refractivity contribution in [1.82, 2.24) is 9.55 Å². The lowest BCUT2D eigenvalue weighted by Crippen LogP contribution is -2.25. The van der Waals surface area contributed by atoms with E-state index < -0.39 is 23.1 Å². The van der Waals surface area contributed by atoms with E-state index in [4.69, 9.17) is 9.47 Å². The molecule has 1 fully saturated rings. The Bertz CT molecular complexity index is 848. The van der Waals surface area contributed by atoms with E-state index in [9.17, 15) is 18.0 Å². The fourth-order valence-electron chi connectivity index (χ4n) is 2.90. The molecule has 0 amide bonds. The first kappa shape index (κ1) is 15.0. The molecule has 1 unspecified atom stereocenters. The topological polar surface area (TPSA) is 56.6 Å². The zero-order chi connectivity index (χ0) is 16.8. The lowest BCUT2D eigenvalue weighted by molar-refractivity contribution is 0.108. The maximum atomic E-state index is 13.2. The van der Waals surface area contributed by atoms with Gasteiger partial charge in [-0.3, -0.25) is 4.57 Å². The van der Waals surface area contributed by atoms with Crippen molar-refractivity contribution in [2.75, 3.05) is 18.1 Å². The monoisotopic (exact) mass is 339 g/mol. The molecule has 0 aliphatic carbocycles. The number of fused-ring (bicyclic) bond motifs is 3. The summed E-state index contributed by atoms with van der Waals surface area (Å²) in [5, 5.41) is 0. The minimum Gasteiger partial charge on any atom is -0.473 e. The van der Waals surface area contributed by atoms with Crippen molar-refractivity contribution < 1.29 is 22.6 Å². The highest BCUT2D eigenvalue weighted by Gasteiger charge is 2.35. The number of halogens is 3. The predicted octanol–water partition coefficient (Wildman–Crippen LogP) is 1.42. The summed E-state index contributed by atoms with van der Waals surface area (Å²) < 4.78 is 51.7. The molecule has 2 aliphatic rings. The van der Waals surface area contributed by atoms with E-state index in [1.54, 1.807) is 6.07 Å². The van der Waals surface area contributed by atoms with Gasteiger partial charge in [0, 0.05) is 12.6 Å². The van der Waals surface area contributed by atoms with Crippen LogP contribution in [0.4, 0.5) is 19.0 Å². The number of anilines is 1. The number of hydrogen-bond donors (Lipinski definition) is 0. The zero-order valence-corrected chi connectivity index (χ0v) is 12.3. The van der Waals surface area contributed by atoms with E-state index in [1.807, 2.05) is 4.90 Å². The first-order valence-electron chi connectivity index (χ1n) is 7.29. The fourth-order valence-corrected chi connectivity index (χ4v) is 2.90. The molecule has 2 aromatic rings. The summed E-state index contributed by atoms with van der Waals surface area (Å²) in [5.41, 5.74) is -0.395. The van der Waals surface area contributed by atoms with E-state index in [-0.39, 0.29) is 24.3 Å². The largest absolute Gasteiger partial charge is 0.473 e. The lowest BCUT2D eigenvalue weighted by Gasteiger charge is -2.15. The predicted molar refractivity (Wildman–Crippen MR) is 76.2 cm³/mol. The Balaban J connectivity index is 1.57. The summed E-state index contributed by atoms with van der Waals surface area (Å²) in [5.74, 6) is -3.47. The summed E-state index contributed by atoms with van der Waals surface area (Å²) in [4.78, 5) is 17.8.